The molecule has 0 aliphatic carbocycles. The maximum absolute atomic E-state index is 6.04. The summed E-state index contributed by atoms with van der Waals surface area (Å²) < 4.78 is 16.4. The molecule has 1 fully saturated rings. The minimum Gasteiger partial charge on any atom is -0.493 e. The standard InChI is InChI=1S/C14H16ClN3O3/c1-19-10-5-8-9(6-11(10)20-2)17-14(15)18-13(8)12-7-16-3-4-21-12/h5-6,12,16H,3-4,7H2,1-2H3. The third-order valence-corrected chi connectivity index (χ3v) is 3.60. The van der Waals surface area contributed by atoms with Crippen LogP contribution in [0.4, 0.5) is 0 Å². The van der Waals surface area contributed by atoms with E-state index in [0.29, 0.717) is 30.2 Å². The Balaban J connectivity index is 2.18. The van der Waals surface area contributed by atoms with Gasteiger partial charge in [-0.1, -0.05) is 0 Å². The molecule has 2 aromatic rings. The Labute approximate surface area is 127 Å². The molecule has 2 heterocycles. The summed E-state index contributed by atoms with van der Waals surface area (Å²) in [6.45, 7) is 2.17. The van der Waals surface area contributed by atoms with Crippen LogP contribution in [0.1, 0.15) is 11.8 Å². The van der Waals surface area contributed by atoms with Crippen LogP contribution in [0.25, 0.3) is 10.9 Å². The van der Waals surface area contributed by atoms with Crippen molar-refractivity contribution >= 4 is 22.5 Å². The molecular formula is C14H16ClN3O3. The molecule has 21 heavy (non-hydrogen) atoms. The number of methoxy groups -OCH3 is 2. The van der Waals surface area contributed by atoms with Gasteiger partial charge in [0.1, 0.15) is 6.10 Å². The number of hydrogen-bond acceptors (Lipinski definition) is 6. The topological polar surface area (TPSA) is 65.5 Å². The number of hydrogen-bond donors (Lipinski definition) is 1. The molecule has 1 atom stereocenters. The average Bonchev–Trinajstić information content (AvgIpc) is 2.53. The van der Waals surface area contributed by atoms with Gasteiger partial charge in [-0.05, 0) is 17.7 Å². The highest BCUT2D eigenvalue weighted by Crippen LogP contribution is 2.35. The summed E-state index contributed by atoms with van der Waals surface area (Å²) in [4.78, 5) is 8.61. The number of halogens is 1. The number of rotatable bonds is 3. The Morgan fingerprint density at radius 3 is 2.67 bits per heavy atom. The fourth-order valence-electron chi connectivity index (χ4n) is 2.44. The fraction of sp³-hybridized carbons (Fsp3) is 0.429. The van der Waals surface area contributed by atoms with Crippen molar-refractivity contribution in [2.75, 3.05) is 33.9 Å². The fourth-order valence-corrected chi connectivity index (χ4v) is 2.62. The molecule has 112 valence electrons. The van der Waals surface area contributed by atoms with E-state index in [2.05, 4.69) is 15.3 Å². The first kappa shape index (κ1) is 14.3. The highest BCUT2D eigenvalue weighted by Gasteiger charge is 2.22. The smallest absolute Gasteiger partial charge is 0.223 e. The van der Waals surface area contributed by atoms with Gasteiger partial charge in [-0.3, -0.25) is 0 Å². The third-order valence-electron chi connectivity index (χ3n) is 3.44. The maximum Gasteiger partial charge on any atom is 0.223 e. The molecule has 1 aromatic carbocycles. The minimum absolute atomic E-state index is 0.153. The predicted octanol–water partition coefficient (Wildman–Crippen LogP) is 1.96. The molecule has 1 N–H and O–H groups in total. The van der Waals surface area contributed by atoms with Gasteiger partial charge in [0.15, 0.2) is 11.5 Å². The molecule has 0 saturated carbocycles. The summed E-state index contributed by atoms with van der Waals surface area (Å²) in [6.07, 6.45) is -0.153. The summed E-state index contributed by atoms with van der Waals surface area (Å²) in [5, 5.41) is 4.33. The number of fused-ring (bicyclic) bond motifs is 1. The van der Waals surface area contributed by atoms with Crippen LogP contribution in [0.2, 0.25) is 5.28 Å². The zero-order valence-electron chi connectivity index (χ0n) is 11.9. The molecule has 7 heteroatoms. The van der Waals surface area contributed by atoms with Crippen LogP contribution >= 0.6 is 11.6 Å². The van der Waals surface area contributed by atoms with Gasteiger partial charge in [0.05, 0.1) is 32.0 Å². The Kier molecular flexibility index (Phi) is 4.10. The third kappa shape index (κ3) is 2.74. The van der Waals surface area contributed by atoms with E-state index in [4.69, 9.17) is 25.8 Å². The van der Waals surface area contributed by atoms with Crippen molar-refractivity contribution in [3.63, 3.8) is 0 Å². The highest BCUT2D eigenvalue weighted by molar-refractivity contribution is 6.28. The molecular weight excluding hydrogens is 294 g/mol. The van der Waals surface area contributed by atoms with E-state index in [0.717, 1.165) is 17.6 Å². The monoisotopic (exact) mass is 309 g/mol. The number of aromatic nitrogens is 2. The largest absolute Gasteiger partial charge is 0.493 e. The zero-order valence-corrected chi connectivity index (χ0v) is 12.6. The second-order valence-corrected chi connectivity index (χ2v) is 5.00. The van der Waals surface area contributed by atoms with Crippen molar-refractivity contribution in [1.82, 2.24) is 15.3 Å². The number of ether oxygens (including phenoxy) is 3. The van der Waals surface area contributed by atoms with Crippen LogP contribution in [0.15, 0.2) is 12.1 Å². The maximum atomic E-state index is 6.04. The van der Waals surface area contributed by atoms with E-state index in [1.54, 1.807) is 20.3 Å². The summed E-state index contributed by atoms with van der Waals surface area (Å²) in [5.74, 6) is 1.23. The molecule has 0 amide bonds. The van der Waals surface area contributed by atoms with Gasteiger partial charge in [0.25, 0.3) is 0 Å². The minimum atomic E-state index is -0.153. The lowest BCUT2D eigenvalue weighted by Gasteiger charge is -2.24. The van der Waals surface area contributed by atoms with Crippen LogP contribution in [0.3, 0.4) is 0 Å². The first-order valence-electron chi connectivity index (χ1n) is 6.64. The molecule has 1 aliphatic rings. The Hall–Kier alpha value is -1.63. The van der Waals surface area contributed by atoms with Gasteiger partial charge < -0.3 is 19.5 Å². The average molecular weight is 310 g/mol. The van der Waals surface area contributed by atoms with Crippen LogP contribution in [0.5, 0.6) is 11.5 Å². The summed E-state index contributed by atoms with van der Waals surface area (Å²) in [6, 6.07) is 3.65. The lowest BCUT2D eigenvalue weighted by Crippen LogP contribution is -2.34. The highest BCUT2D eigenvalue weighted by atomic mass is 35.5. The van der Waals surface area contributed by atoms with Gasteiger partial charge in [0.2, 0.25) is 5.28 Å². The number of nitrogens with one attached hydrogen (secondary N) is 1. The van der Waals surface area contributed by atoms with Gasteiger partial charge >= 0.3 is 0 Å². The first-order valence-corrected chi connectivity index (χ1v) is 7.02. The van der Waals surface area contributed by atoms with Crippen LogP contribution in [0, 0.1) is 0 Å². The second-order valence-electron chi connectivity index (χ2n) is 4.67. The first-order chi connectivity index (χ1) is 10.2. The van der Waals surface area contributed by atoms with Crippen molar-refractivity contribution in [2.24, 2.45) is 0 Å². The van der Waals surface area contributed by atoms with Crippen molar-refractivity contribution in [3.8, 4) is 11.5 Å². The number of benzene rings is 1. The van der Waals surface area contributed by atoms with E-state index in [-0.39, 0.29) is 11.4 Å². The summed E-state index contributed by atoms with van der Waals surface area (Å²) in [5.41, 5.74) is 1.47. The number of morpholine rings is 1. The van der Waals surface area contributed by atoms with E-state index < -0.39 is 0 Å². The van der Waals surface area contributed by atoms with E-state index in [1.807, 2.05) is 6.07 Å². The molecule has 6 nitrogen and oxygen atoms in total. The van der Waals surface area contributed by atoms with E-state index in [1.165, 1.54) is 0 Å². The molecule has 1 saturated heterocycles. The summed E-state index contributed by atoms with van der Waals surface area (Å²) in [7, 11) is 3.18. The van der Waals surface area contributed by atoms with E-state index in [9.17, 15) is 0 Å². The predicted molar refractivity (Wildman–Crippen MR) is 79.2 cm³/mol. The SMILES string of the molecule is COc1cc2nc(Cl)nc(C3CNCCO3)c2cc1OC. The quantitative estimate of drug-likeness (QED) is 0.874. The lowest BCUT2D eigenvalue weighted by atomic mass is 10.1. The molecule has 0 spiro atoms. The Bertz CT molecular complexity index is 659. The molecule has 0 radical (unpaired) electrons. The normalized spacial score (nSPS) is 18.7. The molecule has 3 rings (SSSR count). The van der Waals surface area contributed by atoms with Crippen LogP contribution in [-0.4, -0.2) is 43.9 Å². The van der Waals surface area contributed by atoms with Crippen molar-refractivity contribution in [3.05, 3.63) is 23.1 Å². The lowest BCUT2D eigenvalue weighted by molar-refractivity contribution is 0.0260. The molecule has 0 bridgehead atoms. The molecule has 1 unspecified atom stereocenters. The molecule has 1 aliphatic heterocycles. The van der Waals surface area contributed by atoms with Crippen LogP contribution in [-0.2, 0) is 4.74 Å². The van der Waals surface area contributed by atoms with Gasteiger partial charge in [-0.15, -0.1) is 0 Å². The van der Waals surface area contributed by atoms with E-state index >= 15 is 0 Å². The van der Waals surface area contributed by atoms with Gasteiger partial charge in [-0.25, -0.2) is 9.97 Å². The van der Waals surface area contributed by atoms with Crippen LogP contribution < -0.4 is 14.8 Å². The summed E-state index contributed by atoms with van der Waals surface area (Å²) >= 11 is 6.04. The van der Waals surface area contributed by atoms with Gasteiger partial charge in [-0.2, -0.15) is 0 Å². The van der Waals surface area contributed by atoms with Crippen molar-refractivity contribution in [2.45, 2.75) is 6.10 Å². The zero-order chi connectivity index (χ0) is 14.8. The van der Waals surface area contributed by atoms with Crippen molar-refractivity contribution < 1.29 is 14.2 Å². The number of nitrogens with zero attached hydrogens (tertiary/aromatic N) is 2. The Morgan fingerprint density at radius 1 is 1.24 bits per heavy atom. The van der Waals surface area contributed by atoms with Crippen molar-refractivity contribution in [1.29, 1.82) is 0 Å². The second kappa shape index (κ2) is 6.01. The van der Waals surface area contributed by atoms with Gasteiger partial charge in [0, 0.05) is 24.5 Å². The molecule has 1 aromatic heterocycles. The Morgan fingerprint density at radius 2 is 2.00 bits per heavy atom.